The second-order valence-corrected chi connectivity index (χ2v) is 6.69. The number of aromatic nitrogens is 1. The van der Waals surface area contributed by atoms with Gasteiger partial charge in [0.1, 0.15) is 11.5 Å². The van der Waals surface area contributed by atoms with Gasteiger partial charge in [-0.05, 0) is 55.0 Å². The molecule has 1 saturated heterocycles. The molecule has 1 aromatic heterocycles. The highest BCUT2D eigenvalue weighted by Crippen LogP contribution is 2.37. The summed E-state index contributed by atoms with van der Waals surface area (Å²) < 4.78 is 5.79. The number of carbonyl (C=O) groups is 1. The van der Waals surface area contributed by atoms with Crippen LogP contribution in [-0.2, 0) is 0 Å². The summed E-state index contributed by atoms with van der Waals surface area (Å²) in [4.78, 5) is 18.7. The van der Waals surface area contributed by atoms with Crippen LogP contribution in [0.1, 0.15) is 23.2 Å². The summed E-state index contributed by atoms with van der Waals surface area (Å²) >= 11 is 0. The molecule has 1 aromatic carbocycles. The van der Waals surface area contributed by atoms with E-state index in [4.69, 9.17) is 10.5 Å². The fraction of sp³-hybridized carbons (Fsp3) is 0.368. The second-order valence-electron chi connectivity index (χ2n) is 6.69. The standard InChI is InChI=1S/C19H21N3O2.ClH/c20-18-5-4-14-11-22(12-17(14)18)19(23)13-2-1-3-16(10-13)24-15-6-8-21-9-7-15;/h1-3,6-10,14,17-18H,4-5,11-12,20H2;1H. The summed E-state index contributed by atoms with van der Waals surface area (Å²) in [6.45, 7) is 1.60. The lowest BCUT2D eigenvalue weighted by Gasteiger charge is -2.19. The first kappa shape index (κ1) is 17.7. The maximum absolute atomic E-state index is 12.8. The molecule has 25 heavy (non-hydrogen) atoms. The van der Waals surface area contributed by atoms with Crippen molar-refractivity contribution in [3.63, 3.8) is 0 Å². The van der Waals surface area contributed by atoms with Crippen LogP contribution >= 0.6 is 12.4 Å². The lowest BCUT2D eigenvalue weighted by Crippen LogP contribution is -2.33. The van der Waals surface area contributed by atoms with Crippen molar-refractivity contribution in [1.29, 1.82) is 0 Å². The number of nitrogens with zero attached hydrogens (tertiary/aromatic N) is 2. The van der Waals surface area contributed by atoms with Gasteiger partial charge in [-0.1, -0.05) is 6.07 Å². The SMILES string of the molecule is Cl.NC1CCC2CN(C(=O)c3cccc(Oc4ccncc4)c3)CC12. The van der Waals surface area contributed by atoms with Gasteiger partial charge >= 0.3 is 0 Å². The van der Waals surface area contributed by atoms with Crippen LogP contribution < -0.4 is 10.5 Å². The first-order chi connectivity index (χ1) is 11.7. The van der Waals surface area contributed by atoms with Crippen LogP contribution in [0.3, 0.4) is 0 Å². The Balaban J connectivity index is 0.00000182. The third-order valence-corrected chi connectivity index (χ3v) is 5.17. The predicted octanol–water partition coefficient (Wildman–Crippen LogP) is 3.11. The Morgan fingerprint density at radius 1 is 1.12 bits per heavy atom. The van der Waals surface area contributed by atoms with Crippen LogP contribution in [0, 0.1) is 11.8 Å². The highest BCUT2D eigenvalue weighted by Gasteiger charge is 2.42. The van der Waals surface area contributed by atoms with E-state index in [1.54, 1.807) is 30.6 Å². The van der Waals surface area contributed by atoms with Crippen molar-refractivity contribution in [2.75, 3.05) is 13.1 Å². The summed E-state index contributed by atoms with van der Waals surface area (Å²) in [7, 11) is 0. The van der Waals surface area contributed by atoms with Crippen LogP contribution in [0.15, 0.2) is 48.8 Å². The maximum Gasteiger partial charge on any atom is 0.254 e. The van der Waals surface area contributed by atoms with Gasteiger partial charge in [-0.2, -0.15) is 0 Å². The summed E-state index contributed by atoms with van der Waals surface area (Å²) in [5, 5.41) is 0. The Hall–Kier alpha value is -2.11. The second kappa shape index (κ2) is 7.42. The van der Waals surface area contributed by atoms with Gasteiger partial charge in [0, 0.05) is 37.1 Å². The number of amides is 1. The molecule has 5 nitrogen and oxygen atoms in total. The average molecular weight is 360 g/mol. The Bertz CT molecular complexity index is 740. The number of nitrogens with two attached hydrogens (primary N) is 1. The molecule has 2 aromatic rings. The van der Waals surface area contributed by atoms with Crippen LogP contribution in [-0.4, -0.2) is 34.9 Å². The number of rotatable bonds is 3. The number of likely N-dealkylation sites (tertiary alicyclic amines) is 1. The van der Waals surface area contributed by atoms with E-state index in [1.807, 2.05) is 23.1 Å². The van der Waals surface area contributed by atoms with Crippen molar-refractivity contribution in [3.8, 4) is 11.5 Å². The van der Waals surface area contributed by atoms with E-state index < -0.39 is 0 Å². The molecule has 0 radical (unpaired) electrons. The Kier molecular flexibility index (Phi) is 5.25. The Morgan fingerprint density at radius 3 is 2.68 bits per heavy atom. The number of ether oxygens (including phenoxy) is 1. The predicted molar refractivity (Wildman–Crippen MR) is 98.1 cm³/mol. The van der Waals surface area contributed by atoms with Crippen molar-refractivity contribution in [2.45, 2.75) is 18.9 Å². The molecular weight excluding hydrogens is 338 g/mol. The van der Waals surface area contributed by atoms with Gasteiger partial charge in [0.05, 0.1) is 0 Å². The molecule has 1 aliphatic carbocycles. The zero-order valence-corrected chi connectivity index (χ0v) is 14.7. The van der Waals surface area contributed by atoms with E-state index in [1.165, 1.54) is 0 Å². The Labute approximate surface area is 153 Å². The third kappa shape index (κ3) is 3.62. The average Bonchev–Trinajstić information content (AvgIpc) is 3.18. The number of pyridine rings is 1. The molecule has 1 saturated carbocycles. The number of hydrogen-bond acceptors (Lipinski definition) is 4. The molecule has 0 spiro atoms. The zero-order chi connectivity index (χ0) is 16.5. The van der Waals surface area contributed by atoms with Gasteiger partial charge in [0.15, 0.2) is 0 Å². The largest absolute Gasteiger partial charge is 0.457 e. The number of carbonyl (C=O) groups excluding carboxylic acids is 1. The van der Waals surface area contributed by atoms with Gasteiger partial charge in [-0.3, -0.25) is 9.78 Å². The van der Waals surface area contributed by atoms with Crippen molar-refractivity contribution in [2.24, 2.45) is 17.6 Å². The third-order valence-electron chi connectivity index (χ3n) is 5.17. The zero-order valence-electron chi connectivity index (χ0n) is 13.9. The van der Waals surface area contributed by atoms with Crippen molar-refractivity contribution >= 4 is 18.3 Å². The fourth-order valence-electron chi connectivity index (χ4n) is 3.89. The van der Waals surface area contributed by atoms with E-state index in [-0.39, 0.29) is 24.4 Å². The minimum Gasteiger partial charge on any atom is -0.457 e. The molecule has 132 valence electrons. The molecule has 0 bridgehead atoms. The van der Waals surface area contributed by atoms with Crippen molar-refractivity contribution in [1.82, 2.24) is 9.88 Å². The molecule has 1 aliphatic heterocycles. The monoisotopic (exact) mass is 359 g/mol. The molecular formula is C19H22ClN3O2. The minimum absolute atomic E-state index is 0. The van der Waals surface area contributed by atoms with Crippen LogP contribution in [0.25, 0.3) is 0 Å². The van der Waals surface area contributed by atoms with Crippen LogP contribution in [0.4, 0.5) is 0 Å². The van der Waals surface area contributed by atoms with E-state index >= 15 is 0 Å². The van der Waals surface area contributed by atoms with Gasteiger partial charge in [0.2, 0.25) is 0 Å². The first-order valence-corrected chi connectivity index (χ1v) is 8.43. The normalized spacial score (nSPS) is 24.5. The summed E-state index contributed by atoms with van der Waals surface area (Å²) in [6, 6.07) is 11.2. The van der Waals surface area contributed by atoms with Crippen LogP contribution in [0.2, 0.25) is 0 Å². The van der Waals surface area contributed by atoms with Gasteiger partial charge in [-0.25, -0.2) is 0 Å². The first-order valence-electron chi connectivity index (χ1n) is 8.43. The van der Waals surface area contributed by atoms with E-state index in [2.05, 4.69) is 4.98 Å². The number of hydrogen-bond donors (Lipinski definition) is 1. The van der Waals surface area contributed by atoms with E-state index in [0.29, 0.717) is 28.9 Å². The molecule has 6 heteroatoms. The summed E-state index contributed by atoms with van der Waals surface area (Å²) in [6.07, 6.45) is 5.58. The molecule has 4 rings (SSSR count). The highest BCUT2D eigenvalue weighted by molar-refractivity contribution is 5.94. The highest BCUT2D eigenvalue weighted by atomic mass is 35.5. The molecule has 3 atom stereocenters. The lowest BCUT2D eigenvalue weighted by molar-refractivity contribution is 0.0779. The Morgan fingerprint density at radius 2 is 1.92 bits per heavy atom. The van der Waals surface area contributed by atoms with Crippen molar-refractivity contribution in [3.05, 3.63) is 54.4 Å². The topological polar surface area (TPSA) is 68.5 Å². The summed E-state index contributed by atoms with van der Waals surface area (Å²) in [5.74, 6) is 2.46. The molecule has 2 heterocycles. The summed E-state index contributed by atoms with van der Waals surface area (Å²) in [5.41, 5.74) is 6.83. The number of fused-ring (bicyclic) bond motifs is 1. The molecule has 3 unspecified atom stereocenters. The van der Waals surface area contributed by atoms with Crippen molar-refractivity contribution < 1.29 is 9.53 Å². The smallest absolute Gasteiger partial charge is 0.254 e. The van der Waals surface area contributed by atoms with Crippen LogP contribution in [0.5, 0.6) is 11.5 Å². The van der Waals surface area contributed by atoms with E-state index in [9.17, 15) is 4.79 Å². The molecule has 1 amide bonds. The quantitative estimate of drug-likeness (QED) is 0.914. The number of halogens is 1. The fourth-order valence-corrected chi connectivity index (χ4v) is 3.89. The van der Waals surface area contributed by atoms with Gasteiger partial charge in [-0.15, -0.1) is 12.4 Å². The molecule has 2 N–H and O–H groups in total. The lowest BCUT2D eigenvalue weighted by atomic mass is 9.98. The van der Waals surface area contributed by atoms with Gasteiger partial charge < -0.3 is 15.4 Å². The number of benzene rings is 1. The maximum atomic E-state index is 12.8. The van der Waals surface area contributed by atoms with Gasteiger partial charge in [0.25, 0.3) is 5.91 Å². The molecule has 2 aliphatic rings. The van der Waals surface area contributed by atoms with E-state index in [0.717, 1.165) is 25.9 Å². The molecule has 2 fully saturated rings. The minimum atomic E-state index is 0.